The summed E-state index contributed by atoms with van der Waals surface area (Å²) in [6.45, 7) is 11.6. The maximum Gasteiger partial charge on any atom is 0.000517 e. The van der Waals surface area contributed by atoms with Crippen LogP contribution in [0, 0.1) is 11.3 Å². The molecule has 0 aromatic rings. The molecular weight excluding hydrogens is 196 g/mol. The van der Waals surface area contributed by atoms with Gasteiger partial charge in [-0.2, -0.15) is 0 Å². The molecule has 0 aliphatic heterocycles. The van der Waals surface area contributed by atoms with Crippen molar-refractivity contribution < 1.29 is 0 Å². The second-order valence-corrected chi connectivity index (χ2v) is 6.15. The van der Waals surface area contributed by atoms with E-state index in [1.807, 2.05) is 0 Å². The van der Waals surface area contributed by atoms with Crippen LogP contribution >= 0.6 is 0 Å². The van der Waals surface area contributed by atoms with E-state index in [4.69, 9.17) is 0 Å². The Kier molecular flexibility index (Phi) is 6.37. The standard InChI is InChI=1S/C14H30N2/c1-13(2)11-15-9-6-10-16-12-14(3)7-4-5-8-14/h13,15-16H,4-12H2,1-3H3. The second-order valence-electron chi connectivity index (χ2n) is 6.15. The zero-order chi connectivity index (χ0) is 11.9. The van der Waals surface area contributed by atoms with Gasteiger partial charge in [-0.05, 0) is 50.2 Å². The summed E-state index contributed by atoms with van der Waals surface area (Å²) < 4.78 is 0. The lowest BCUT2D eigenvalue weighted by atomic mass is 9.89. The Morgan fingerprint density at radius 2 is 1.69 bits per heavy atom. The van der Waals surface area contributed by atoms with Gasteiger partial charge < -0.3 is 10.6 Å². The molecule has 96 valence electrons. The van der Waals surface area contributed by atoms with Crippen LogP contribution in [-0.4, -0.2) is 26.2 Å². The Labute approximate surface area is 102 Å². The summed E-state index contributed by atoms with van der Waals surface area (Å²) in [5.41, 5.74) is 0.603. The molecule has 0 radical (unpaired) electrons. The first-order chi connectivity index (χ1) is 7.62. The fourth-order valence-corrected chi connectivity index (χ4v) is 2.52. The molecule has 0 saturated heterocycles. The van der Waals surface area contributed by atoms with Crippen LogP contribution in [0.25, 0.3) is 0 Å². The molecule has 2 heteroatoms. The Bertz CT molecular complexity index is 172. The van der Waals surface area contributed by atoms with Crippen LogP contribution in [0.15, 0.2) is 0 Å². The first-order valence-electron chi connectivity index (χ1n) is 7.04. The minimum absolute atomic E-state index is 0.603. The number of rotatable bonds is 8. The van der Waals surface area contributed by atoms with Gasteiger partial charge in [0, 0.05) is 6.54 Å². The molecule has 0 bridgehead atoms. The molecule has 2 nitrogen and oxygen atoms in total. The van der Waals surface area contributed by atoms with E-state index in [0.717, 1.165) is 19.0 Å². The molecule has 0 aromatic heterocycles. The van der Waals surface area contributed by atoms with E-state index in [-0.39, 0.29) is 0 Å². The summed E-state index contributed by atoms with van der Waals surface area (Å²) in [6.07, 6.45) is 6.97. The van der Waals surface area contributed by atoms with Gasteiger partial charge in [-0.3, -0.25) is 0 Å². The van der Waals surface area contributed by atoms with Gasteiger partial charge in [-0.25, -0.2) is 0 Å². The third kappa shape index (κ3) is 5.86. The van der Waals surface area contributed by atoms with Crippen LogP contribution in [0.2, 0.25) is 0 Å². The van der Waals surface area contributed by atoms with E-state index in [2.05, 4.69) is 31.4 Å². The quantitative estimate of drug-likeness (QED) is 0.622. The molecule has 0 aromatic carbocycles. The normalized spacial score (nSPS) is 19.5. The maximum atomic E-state index is 3.62. The minimum atomic E-state index is 0.603. The van der Waals surface area contributed by atoms with Crippen LogP contribution in [0.3, 0.4) is 0 Å². The van der Waals surface area contributed by atoms with Crippen molar-refractivity contribution >= 4 is 0 Å². The topological polar surface area (TPSA) is 24.1 Å². The predicted octanol–water partition coefficient (Wildman–Crippen LogP) is 2.79. The first kappa shape index (κ1) is 14.0. The zero-order valence-electron chi connectivity index (χ0n) is 11.4. The molecule has 0 heterocycles. The Morgan fingerprint density at radius 1 is 1.06 bits per heavy atom. The molecule has 1 aliphatic carbocycles. The zero-order valence-corrected chi connectivity index (χ0v) is 11.4. The average molecular weight is 226 g/mol. The molecule has 0 unspecified atom stereocenters. The summed E-state index contributed by atoms with van der Waals surface area (Å²) >= 11 is 0. The van der Waals surface area contributed by atoms with Gasteiger partial charge in [-0.1, -0.05) is 33.6 Å². The van der Waals surface area contributed by atoms with Gasteiger partial charge in [0.15, 0.2) is 0 Å². The molecule has 16 heavy (non-hydrogen) atoms. The van der Waals surface area contributed by atoms with Crippen LogP contribution in [0.4, 0.5) is 0 Å². The SMILES string of the molecule is CC(C)CNCCCNCC1(C)CCCC1. The Balaban J connectivity index is 1.88. The van der Waals surface area contributed by atoms with Gasteiger partial charge in [-0.15, -0.1) is 0 Å². The molecule has 1 fully saturated rings. The van der Waals surface area contributed by atoms with E-state index < -0.39 is 0 Å². The van der Waals surface area contributed by atoms with Crippen molar-refractivity contribution in [1.29, 1.82) is 0 Å². The van der Waals surface area contributed by atoms with Crippen LogP contribution in [0.1, 0.15) is 52.9 Å². The largest absolute Gasteiger partial charge is 0.316 e. The monoisotopic (exact) mass is 226 g/mol. The van der Waals surface area contributed by atoms with Crippen molar-refractivity contribution in [2.75, 3.05) is 26.2 Å². The molecule has 1 aliphatic rings. The summed E-state index contributed by atoms with van der Waals surface area (Å²) in [4.78, 5) is 0. The molecule has 0 spiro atoms. The molecule has 1 rings (SSSR count). The number of hydrogen-bond donors (Lipinski definition) is 2. The highest BCUT2D eigenvalue weighted by molar-refractivity contribution is 4.82. The Morgan fingerprint density at radius 3 is 2.31 bits per heavy atom. The Hall–Kier alpha value is -0.0800. The smallest absolute Gasteiger partial charge is 0.000517 e. The average Bonchev–Trinajstić information content (AvgIpc) is 2.64. The highest BCUT2D eigenvalue weighted by Gasteiger charge is 2.27. The summed E-state index contributed by atoms with van der Waals surface area (Å²) in [7, 11) is 0. The van der Waals surface area contributed by atoms with E-state index in [1.54, 1.807) is 0 Å². The van der Waals surface area contributed by atoms with Gasteiger partial charge in [0.1, 0.15) is 0 Å². The molecule has 2 N–H and O–H groups in total. The predicted molar refractivity (Wildman–Crippen MR) is 71.8 cm³/mol. The lowest BCUT2D eigenvalue weighted by Crippen LogP contribution is -2.31. The van der Waals surface area contributed by atoms with Crippen molar-refractivity contribution in [3.8, 4) is 0 Å². The molecule has 1 saturated carbocycles. The van der Waals surface area contributed by atoms with Crippen molar-refractivity contribution in [2.45, 2.75) is 52.9 Å². The van der Waals surface area contributed by atoms with Gasteiger partial charge in [0.2, 0.25) is 0 Å². The fraction of sp³-hybridized carbons (Fsp3) is 1.00. The van der Waals surface area contributed by atoms with Gasteiger partial charge in [0.25, 0.3) is 0 Å². The number of nitrogens with one attached hydrogen (secondary N) is 2. The lowest BCUT2D eigenvalue weighted by Gasteiger charge is -2.23. The highest BCUT2D eigenvalue weighted by Crippen LogP contribution is 2.36. The lowest BCUT2D eigenvalue weighted by molar-refractivity contribution is 0.314. The van der Waals surface area contributed by atoms with Crippen LogP contribution in [-0.2, 0) is 0 Å². The van der Waals surface area contributed by atoms with E-state index in [1.165, 1.54) is 45.2 Å². The second kappa shape index (κ2) is 7.29. The molecular formula is C14H30N2. The van der Waals surface area contributed by atoms with Gasteiger partial charge >= 0.3 is 0 Å². The first-order valence-corrected chi connectivity index (χ1v) is 7.04. The van der Waals surface area contributed by atoms with Crippen molar-refractivity contribution in [3.63, 3.8) is 0 Å². The van der Waals surface area contributed by atoms with Gasteiger partial charge in [0.05, 0.1) is 0 Å². The van der Waals surface area contributed by atoms with E-state index in [9.17, 15) is 0 Å². The molecule has 0 atom stereocenters. The summed E-state index contributed by atoms with van der Waals surface area (Å²) in [6, 6.07) is 0. The van der Waals surface area contributed by atoms with Crippen molar-refractivity contribution in [2.24, 2.45) is 11.3 Å². The third-order valence-corrected chi connectivity index (χ3v) is 3.62. The number of hydrogen-bond acceptors (Lipinski definition) is 2. The maximum absolute atomic E-state index is 3.62. The van der Waals surface area contributed by atoms with Crippen molar-refractivity contribution in [1.82, 2.24) is 10.6 Å². The van der Waals surface area contributed by atoms with Crippen LogP contribution in [0.5, 0.6) is 0 Å². The van der Waals surface area contributed by atoms with E-state index in [0.29, 0.717) is 5.41 Å². The van der Waals surface area contributed by atoms with Crippen LogP contribution < -0.4 is 10.6 Å². The van der Waals surface area contributed by atoms with Crippen molar-refractivity contribution in [3.05, 3.63) is 0 Å². The van der Waals surface area contributed by atoms with E-state index >= 15 is 0 Å². The fourth-order valence-electron chi connectivity index (χ4n) is 2.52. The minimum Gasteiger partial charge on any atom is -0.316 e. The summed E-state index contributed by atoms with van der Waals surface area (Å²) in [5, 5.41) is 7.10. The third-order valence-electron chi connectivity index (χ3n) is 3.62. The summed E-state index contributed by atoms with van der Waals surface area (Å²) in [5.74, 6) is 0.769. The molecule has 0 amide bonds. The highest BCUT2D eigenvalue weighted by atomic mass is 14.9.